The van der Waals surface area contributed by atoms with Gasteiger partial charge in [0, 0.05) is 40.9 Å². The second kappa shape index (κ2) is 14.6. The van der Waals surface area contributed by atoms with Gasteiger partial charge in [-0.05, 0) is 48.0 Å². The van der Waals surface area contributed by atoms with E-state index in [4.69, 9.17) is 23.5 Å². The summed E-state index contributed by atoms with van der Waals surface area (Å²) in [6, 6.07) is 14.2. The fraction of sp³-hybridized carbons (Fsp3) is 0.121. The summed E-state index contributed by atoms with van der Waals surface area (Å²) < 4.78 is 91.2. The molecule has 0 atom stereocenters. The number of fused-ring (bicyclic) bond motifs is 1. The van der Waals surface area contributed by atoms with Gasteiger partial charge in [-0.15, -0.1) is 0 Å². The average Bonchev–Trinajstić information content (AvgIpc) is 3.82. The molecule has 2 heterocycles. The Bertz CT molecular complexity index is 2450. The molecule has 2 aromatic heterocycles. The lowest BCUT2D eigenvalue weighted by molar-refractivity contribution is 0.183. The van der Waals surface area contributed by atoms with Crippen molar-refractivity contribution in [3.63, 3.8) is 0 Å². The van der Waals surface area contributed by atoms with Crippen molar-refractivity contribution < 1.29 is 60.5 Å². The molecule has 0 unspecified atom stereocenters. The number of methoxy groups -OCH3 is 3. The minimum atomic E-state index is -4.84. The van der Waals surface area contributed by atoms with Gasteiger partial charge < -0.3 is 33.7 Å². The Balaban J connectivity index is 1.38. The summed E-state index contributed by atoms with van der Waals surface area (Å²) in [6.45, 7) is -0.395. The number of amides is 2. The van der Waals surface area contributed by atoms with Crippen molar-refractivity contribution in [1.82, 2.24) is 14.5 Å². The summed E-state index contributed by atoms with van der Waals surface area (Å²) in [4.78, 5) is 26.2. The van der Waals surface area contributed by atoms with Crippen LogP contribution in [0.2, 0.25) is 0 Å². The van der Waals surface area contributed by atoms with Crippen LogP contribution in [0.4, 0.5) is 29.3 Å². The molecular weight excluding hydrogens is 745 g/mol. The van der Waals surface area contributed by atoms with Crippen molar-refractivity contribution in [1.29, 1.82) is 0 Å². The van der Waals surface area contributed by atoms with E-state index in [2.05, 4.69) is 14.5 Å². The molecule has 2 amide bonds. The largest absolute Gasteiger partial charge is 0.497 e. The van der Waals surface area contributed by atoms with Crippen LogP contribution in [0.3, 0.4) is 0 Å². The predicted octanol–water partition coefficient (Wildman–Crippen LogP) is 7.00. The molecular formula is C33H25F2N5O11S2. The van der Waals surface area contributed by atoms with E-state index in [-0.39, 0.29) is 43.6 Å². The lowest BCUT2D eigenvalue weighted by atomic mass is 10.0. The van der Waals surface area contributed by atoms with E-state index in [1.807, 2.05) is 0 Å². The first-order valence-corrected chi connectivity index (χ1v) is 17.1. The molecule has 0 aliphatic rings. The topological polar surface area (TPSA) is 204 Å². The molecule has 274 valence electrons. The number of hydrogen-bond acceptors (Lipinski definition) is 13. The molecule has 0 spiro atoms. The Morgan fingerprint density at radius 3 is 2.23 bits per heavy atom. The Morgan fingerprint density at radius 2 is 1.57 bits per heavy atom. The Labute approximate surface area is 302 Å². The molecule has 2 N–H and O–H groups in total. The van der Waals surface area contributed by atoms with Crippen molar-refractivity contribution in [2.45, 2.75) is 11.4 Å². The molecule has 6 rings (SSSR count). The molecule has 0 aliphatic heterocycles. The first-order valence-electron chi connectivity index (χ1n) is 14.9. The zero-order valence-electron chi connectivity index (χ0n) is 27.5. The predicted molar refractivity (Wildman–Crippen MR) is 184 cm³/mol. The molecule has 0 aliphatic carbocycles. The van der Waals surface area contributed by atoms with Crippen molar-refractivity contribution >= 4 is 55.7 Å². The van der Waals surface area contributed by atoms with Gasteiger partial charge in [-0.25, -0.2) is 36.1 Å². The summed E-state index contributed by atoms with van der Waals surface area (Å²) in [5, 5.41) is 22.3. The van der Waals surface area contributed by atoms with Crippen LogP contribution in [0.1, 0.15) is 5.56 Å². The molecule has 16 nitrogen and oxygen atoms in total. The van der Waals surface area contributed by atoms with Crippen LogP contribution in [-0.4, -0.2) is 66.7 Å². The number of rotatable bonds is 12. The lowest BCUT2D eigenvalue weighted by Crippen LogP contribution is -2.34. The van der Waals surface area contributed by atoms with E-state index in [1.165, 1.54) is 63.8 Å². The maximum Gasteiger partial charge on any atom is 0.422 e. The molecule has 0 radical (unpaired) electrons. The Morgan fingerprint density at radius 1 is 0.849 bits per heavy atom. The summed E-state index contributed by atoms with van der Waals surface area (Å²) in [5.41, 5.74) is 0.867. The number of aromatic nitrogens is 3. The van der Waals surface area contributed by atoms with E-state index in [1.54, 1.807) is 12.1 Å². The van der Waals surface area contributed by atoms with Gasteiger partial charge in [-0.3, -0.25) is 0 Å². The number of halogens is 2. The minimum Gasteiger partial charge on any atom is -0.497 e. The van der Waals surface area contributed by atoms with Crippen LogP contribution in [-0.2, 0) is 16.6 Å². The SMILES string of the molecule is COc1ccc(CN(c2ncns2)S(=O)(=O)c2cc(F)c(Oc3ccc(OC)cc3-c3ccc4onc(N(C(=O)O)C(=O)O)c4c3)cc2F)c(OC)c1. The summed E-state index contributed by atoms with van der Waals surface area (Å²) in [7, 11) is -0.642. The highest BCUT2D eigenvalue weighted by atomic mass is 32.2. The second-order valence-corrected chi connectivity index (χ2v) is 13.3. The third-order valence-corrected chi connectivity index (χ3v) is 10.2. The standard InChI is InChI=1S/C33H25F2N5O11S2/c1-47-19-7-9-25(21(11-19)17-5-8-26-22(10-17)30(38-51-26)40(32(41)42)33(43)44)50-28-13-24(35)29(14-23(28)34)53(45,46)39(31-36-16-37-52-31)15-18-4-6-20(48-2)12-27(18)49-3/h4-14,16H,15H2,1-3H3,(H,41,42)(H,43,44). The average molecular weight is 770 g/mol. The molecule has 6 aromatic rings. The summed E-state index contributed by atoms with van der Waals surface area (Å²) in [5.74, 6) is -2.91. The number of hydrogen-bond donors (Lipinski definition) is 2. The van der Waals surface area contributed by atoms with Crippen molar-refractivity contribution in [3.8, 4) is 39.9 Å². The molecule has 20 heteroatoms. The van der Waals surface area contributed by atoms with Gasteiger partial charge in [0.1, 0.15) is 40.0 Å². The third kappa shape index (κ3) is 7.04. The van der Waals surface area contributed by atoms with E-state index < -0.39 is 56.9 Å². The van der Waals surface area contributed by atoms with Crippen LogP contribution in [0.5, 0.6) is 28.7 Å². The van der Waals surface area contributed by atoms with E-state index in [0.717, 1.165) is 10.6 Å². The maximum atomic E-state index is 15.9. The van der Waals surface area contributed by atoms with E-state index in [0.29, 0.717) is 40.7 Å². The fourth-order valence-corrected chi connectivity index (χ4v) is 7.35. The maximum absolute atomic E-state index is 15.9. The molecule has 0 saturated heterocycles. The highest BCUT2D eigenvalue weighted by molar-refractivity contribution is 7.93. The molecule has 53 heavy (non-hydrogen) atoms. The quantitative estimate of drug-likeness (QED) is 0.129. The van der Waals surface area contributed by atoms with Gasteiger partial charge in [-0.1, -0.05) is 11.2 Å². The van der Waals surface area contributed by atoms with Crippen molar-refractivity contribution in [2.75, 3.05) is 30.5 Å². The van der Waals surface area contributed by atoms with Crippen LogP contribution >= 0.6 is 11.5 Å². The molecule has 0 bridgehead atoms. The summed E-state index contributed by atoms with van der Waals surface area (Å²) >= 11 is 0.715. The number of carbonyl (C=O) groups is 2. The Kier molecular flexibility index (Phi) is 9.99. The minimum absolute atomic E-state index is 0.0138. The zero-order chi connectivity index (χ0) is 38.0. The number of ether oxygens (including phenoxy) is 4. The zero-order valence-corrected chi connectivity index (χ0v) is 29.1. The smallest absolute Gasteiger partial charge is 0.422 e. The van der Waals surface area contributed by atoms with Gasteiger partial charge in [0.15, 0.2) is 23.0 Å². The third-order valence-electron chi connectivity index (χ3n) is 7.69. The first kappa shape index (κ1) is 36.3. The normalized spacial score (nSPS) is 11.3. The molecule has 0 saturated carbocycles. The number of benzene rings is 4. The van der Waals surface area contributed by atoms with Gasteiger partial charge in [0.05, 0.1) is 33.3 Å². The van der Waals surface area contributed by atoms with E-state index >= 15 is 8.78 Å². The number of imide groups is 1. The fourth-order valence-electron chi connectivity index (χ4n) is 5.16. The van der Waals surface area contributed by atoms with Gasteiger partial charge in [-0.2, -0.15) is 9.27 Å². The van der Waals surface area contributed by atoms with Gasteiger partial charge in [0.25, 0.3) is 10.0 Å². The first-order chi connectivity index (χ1) is 25.4. The number of nitrogens with zero attached hydrogens (tertiary/aromatic N) is 5. The van der Waals surface area contributed by atoms with Crippen molar-refractivity contribution in [2.24, 2.45) is 0 Å². The number of anilines is 2. The Hall–Kier alpha value is -6.54. The van der Waals surface area contributed by atoms with Gasteiger partial charge >= 0.3 is 12.2 Å². The molecule has 0 fully saturated rings. The van der Waals surface area contributed by atoms with Crippen LogP contribution < -0.4 is 28.2 Å². The van der Waals surface area contributed by atoms with E-state index in [9.17, 15) is 28.2 Å². The number of carboxylic acid groups (broad SMARTS) is 2. The van der Waals surface area contributed by atoms with Crippen molar-refractivity contribution in [3.05, 3.63) is 90.3 Å². The monoisotopic (exact) mass is 769 g/mol. The molecule has 4 aromatic carbocycles. The summed E-state index contributed by atoms with van der Waals surface area (Å²) in [6.07, 6.45) is -2.55. The number of sulfonamides is 1. The van der Waals surface area contributed by atoms with Gasteiger partial charge in [0.2, 0.25) is 5.13 Å². The lowest BCUT2D eigenvalue weighted by Gasteiger charge is -2.23. The van der Waals surface area contributed by atoms with Crippen LogP contribution in [0.15, 0.2) is 82.5 Å². The van der Waals surface area contributed by atoms with Crippen LogP contribution in [0, 0.1) is 11.6 Å². The van der Waals surface area contributed by atoms with Crippen LogP contribution in [0.25, 0.3) is 22.1 Å². The highest BCUT2D eigenvalue weighted by Crippen LogP contribution is 2.41. The second-order valence-electron chi connectivity index (χ2n) is 10.7. The highest BCUT2D eigenvalue weighted by Gasteiger charge is 2.33.